The fourth-order valence-corrected chi connectivity index (χ4v) is 3.95. The number of aliphatic hydroxyl groups is 2. The molecule has 2 aromatic carbocycles. The quantitative estimate of drug-likeness (QED) is 0.667. The molecule has 0 fully saturated rings. The number of ether oxygens (including phenoxy) is 1. The van der Waals surface area contributed by atoms with Crippen LogP contribution in [0.2, 0.25) is 0 Å². The van der Waals surface area contributed by atoms with Gasteiger partial charge in [0.2, 0.25) is 5.78 Å². The molecule has 0 spiro atoms. The lowest BCUT2D eigenvalue weighted by Gasteiger charge is -2.31. The molecule has 0 amide bonds. The summed E-state index contributed by atoms with van der Waals surface area (Å²) < 4.78 is 5.56. The minimum atomic E-state index is -1.10. The molecule has 0 aliphatic carbocycles. The predicted molar refractivity (Wildman–Crippen MR) is 109 cm³/mol. The van der Waals surface area contributed by atoms with E-state index < -0.39 is 35.5 Å². The number of carbonyl (C=O) groups excluding carboxylic acids is 2. The van der Waals surface area contributed by atoms with Gasteiger partial charge in [0.25, 0.3) is 0 Å². The van der Waals surface area contributed by atoms with E-state index in [4.69, 9.17) is 4.74 Å². The average molecular weight is 394 g/mol. The highest BCUT2D eigenvalue weighted by Gasteiger charge is 2.43. The highest BCUT2D eigenvalue weighted by Crippen LogP contribution is 2.35. The van der Waals surface area contributed by atoms with Gasteiger partial charge < -0.3 is 14.9 Å². The Kier molecular flexibility index (Phi) is 6.83. The van der Waals surface area contributed by atoms with Crippen molar-refractivity contribution in [3.63, 3.8) is 0 Å². The summed E-state index contributed by atoms with van der Waals surface area (Å²) in [6.07, 6.45) is 0.188. The van der Waals surface area contributed by atoms with Crippen LogP contribution >= 0.6 is 0 Å². The Morgan fingerprint density at radius 2 is 1.62 bits per heavy atom. The number of ketones is 1. The van der Waals surface area contributed by atoms with Crippen LogP contribution in [0, 0.1) is 5.92 Å². The highest BCUT2D eigenvalue weighted by atomic mass is 16.6. The van der Waals surface area contributed by atoms with Crippen LogP contribution in [0.5, 0.6) is 0 Å². The molecule has 0 saturated carbocycles. The number of cyclic esters (lactones) is 1. The number of hydrogen-bond acceptors (Lipinski definition) is 5. The summed E-state index contributed by atoms with van der Waals surface area (Å²) in [6.45, 7) is 1.75. The summed E-state index contributed by atoms with van der Waals surface area (Å²) in [7, 11) is 0. The van der Waals surface area contributed by atoms with Crippen molar-refractivity contribution < 1.29 is 24.5 Å². The van der Waals surface area contributed by atoms with Crippen LogP contribution in [-0.2, 0) is 20.7 Å². The number of aliphatic hydroxyl groups excluding tert-OH is 2. The summed E-state index contributed by atoms with van der Waals surface area (Å²) in [5.74, 6) is -2.61. The van der Waals surface area contributed by atoms with E-state index in [9.17, 15) is 19.8 Å². The summed E-state index contributed by atoms with van der Waals surface area (Å²) in [4.78, 5) is 25.8. The molecule has 0 radical (unpaired) electrons. The zero-order chi connectivity index (χ0) is 20.8. The minimum Gasteiger partial charge on any atom is -0.504 e. The van der Waals surface area contributed by atoms with Gasteiger partial charge in [-0.25, -0.2) is 4.79 Å². The van der Waals surface area contributed by atoms with Crippen molar-refractivity contribution in [1.82, 2.24) is 0 Å². The van der Waals surface area contributed by atoms with E-state index in [0.717, 1.165) is 11.1 Å². The van der Waals surface area contributed by atoms with Crippen molar-refractivity contribution in [1.29, 1.82) is 0 Å². The first-order chi connectivity index (χ1) is 14.1. The SMILES string of the molecule is CCC(C1=C(O)C(=O)C(C(CCO)Cc2ccccc2)OC1=O)c1ccccc1. The normalized spacial score (nSPS) is 19.0. The fraction of sp³-hybridized carbons (Fsp3) is 0.333. The van der Waals surface area contributed by atoms with E-state index >= 15 is 0 Å². The zero-order valence-electron chi connectivity index (χ0n) is 16.5. The topological polar surface area (TPSA) is 83.8 Å². The Labute approximate surface area is 170 Å². The van der Waals surface area contributed by atoms with E-state index in [1.54, 1.807) is 0 Å². The largest absolute Gasteiger partial charge is 0.504 e. The Bertz CT molecular complexity index is 873. The predicted octanol–water partition coefficient (Wildman–Crippen LogP) is 3.73. The van der Waals surface area contributed by atoms with Gasteiger partial charge in [-0.05, 0) is 30.4 Å². The molecular weight excluding hydrogens is 368 g/mol. The van der Waals surface area contributed by atoms with Crippen LogP contribution in [0.4, 0.5) is 0 Å². The highest BCUT2D eigenvalue weighted by molar-refractivity contribution is 6.09. The van der Waals surface area contributed by atoms with E-state index in [-0.39, 0.29) is 18.6 Å². The van der Waals surface area contributed by atoms with Crippen LogP contribution in [0.1, 0.15) is 36.8 Å². The Hall–Kier alpha value is -2.92. The second-order valence-corrected chi connectivity index (χ2v) is 7.29. The number of benzene rings is 2. The number of esters is 1. The maximum atomic E-state index is 13.0. The number of rotatable bonds is 8. The standard InChI is InChI=1S/C24H26O5/c1-2-19(17-11-7-4-8-12-17)20-21(26)22(27)23(29-24(20)28)18(13-14-25)15-16-9-5-3-6-10-16/h3-12,18-19,23,25-26H,2,13-15H2,1H3. The smallest absolute Gasteiger partial charge is 0.339 e. The monoisotopic (exact) mass is 394 g/mol. The summed E-state index contributed by atoms with van der Waals surface area (Å²) in [5.41, 5.74) is 1.83. The Morgan fingerprint density at radius 1 is 1.00 bits per heavy atom. The fourth-order valence-electron chi connectivity index (χ4n) is 3.95. The van der Waals surface area contributed by atoms with Gasteiger partial charge in [0.1, 0.15) is 0 Å². The summed E-state index contributed by atoms with van der Waals surface area (Å²) >= 11 is 0. The van der Waals surface area contributed by atoms with Gasteiger partial charge in [-0.3, -0.25) is 4.79 Å². The van der Waals surface area contributed by atoms with Gasteiger partial charge in [-0.1, -0.05) is 67.6 Å². The maximum Gasteiger partial charge on any atom is 0.339 e. The molecule has 3 atom stereocenters. The Morgan fingerprint density at radius 3 is 2.21 bits per heavy atom. The molecule has 1 aliphatic rings. The van der Waals surface area contributed by atoms with Crippen molar-refractivity contribution in [3.8, 4) is 0 Å². The van der Waals surface area contributed by atoms with Crippen molar-refractivity contribution in [2.24, 2.45) is 5.92 Å². The molecule has 1 heterocycles. The van der Waals surface area contributed by atoms with Gasteiger partial charge in [0.15, 0.2) is 11.9 Å². The molecule has 1 aliphatic heterocycles. The number of hydrogen-bond donors (Lipinski definition) is 2. The van der Waals surface area contributed by atoms with E-state index in [1.165, 1.54) is 0 Å². The second kappa shape index (κ2) is 9.52. The van der Waals surface area contributed by atoms with Gasteiger partial charge in [0.05, 0.1) is 5.57 Å². The van der Waals surface area contributed by atoms with Crippen molar-refractivity contribution in [2.75, 3.05) is 6.61 Å². The molecule has 5 nitrogen and oxygen atoms in total. The average Bonchev–Trinajstić information content (AvgIpc) is 2.75. The first-order valence-corrected chi connectivity index (χ1v) is 9.94. The molecule has 2 N–H and O–H groups in total. The minimum absolute atomic E-state index is 0.0161. The third-order valence-corrected chi connectivity index (χ3v) is 5.43. The van der Waals surface area contributed by atoms with Crippen LogP contribution in [-0.4, -0.2) is 34.7 Å². The second-order valence-electron chi connectivity index (χ2n) is 7.29. The van der Waals surface area contributed by atoms with Gasteiger partial charge >= 0.3 is 5.97 Å². The first kappa shape index (κ1) is 20.8. The Balaban J connectivity index is 1.91. The maximum absolute atomic E-state index is 13.0. The molecule has 0 bridgehead atoms. The van der Waals surface area contributed by atoms with Crippen LogP contribution < -0.4 is 0 Å². The van der Waals surface area contributed by atoms with Gasteiger partial charge in [-0.2, -0.15) is 0 Å². The van der Waals surface area contributed by atoms with Crippen LogP contribution in [0.3, 0.4) is 0 Å². The molecule has 152 valence electrons. The molecule has 3 rings (SSSR count). The van der Waals surface area contributed by atoms with E-state index in [0.29, 0.717) is 12.8 Å². The molecule has 5 heteroatoms. The molecule has 0 saturated heterocycles. The third-order valence-electron chi connectivity index (χ3n) is 5.43. The number of carbonyl (C=O) groups is 2. The van der Waals surface area contributed by atoms with Crippen molar-refractivity contribution in [2.45, 2.75) is 38.2 Å². The van der Waals surface area contributed by atoms with Crippen molar-refractivity contribution in [3.05, 3.63) is 83.1 Å². The molecule has 29 heavy (non-hydrogen) atoms. The summed E-state index contributed by atoms with van der Waals surface area (Å²) in [6, 6.07) is 18.8. The molecule has 2 aromatic rings. The van der Waals surface area contributed by atoms with E-state index in [2.05, 4.69) is 0 Å². The van der Waals surface area contributed by atoms with E-state index in [1.807, 2.05) is 67.6 Å². The number of Topliss-reactive ketones (excluding diaryl/α,β-unsaturated/α-hetero) is 1. The van der Waals surface area contributed by atoms with Crippen molar-refractivity contribution >= 4 is 11.8 Å². The zero-order valence-corrected chi connectivity index (χ0v) is 16.5. The van der Waals surface area contributed by atoms with Gasteiger partial charge in [-0.15, -0.1) is 0 Å². The molecule has 0 aromatic heterocycles. The lowest BCUT2D eigenvalue weighted by Crippen LogP contribution is -2.42. The van der Waals surface area contributed by atoms with Crippen LogP contribution in [0.15, 0.2) is 72.0 Å². The van der Waals surface area contributed by atoms with Crippen LogP contribution in [0.25, 0.3) is 0 Å². The molecule has 3 unspecified atom stereocenters. The third kappa shape index (κ3) is 4.57. The molecular formula is C24H26O5. The first-order valence-electron chi connectivity index (χ1n) is 9.94. The van der Waals surface area contributed by atoms with Gasteiger partial charge in [0, 0.05) is 18.4 Å². The summed E-state index contributed by atoms with van der Waals surface area (Å²) in [5, 5.41) is 20.2. The lowest BCUT2D eigenvalue weighted by atomic mass is 9.82. The lowest BCUT2D eigenvalue weighted by molar-refractivity contribution is -0.158.